The van der Waals surface area contributed by atoms with E-state index in [1.54, 1.807) is 0 Å². The van der Waals surface area contributed by atoms with Crippen molar-refractivity contribution in [1.29, 1.82) is 0 Å². The molecule has 2 aromatic rings. The molecule has 2 aliphatic heterocycles. The summed E-state index contributed by atoms with van der Waals surface area (Å²) in [5.41, 5.74) is 3.16. The Morgan fingerprint density at radius 1 is 1.00 bits per heavy atom. The smallest absolute Gasteiger partial charge is 0.321 e. The summed E-state index contributed by atoms with van der Waals surface area (Å²) in [5, 5.41) is 3.05. The molecule has 0 spiro atoms. The van der Waals surface area contributed by atoms with Crippen LogP contribution >= 0.6 is 0 Å². The number of urea groups is 1. The lowest BCUT2D eigenvalue weighted by Gasteiger charge is -2.36. The number of benzene rings is 1. The van der Waals surface area contributed by atoms with E-state index < -0.39 is 0 Å². The minimum Gasteiger partial charge on any atom is -0.378 e. The van der Waals surface area contributed by atoms with Gasteiger partial charge in [-0.2, -0.15) is 4.98 Å². The molecule has 4 rings (SSSR count). The first-order valence-electron chi connectivity index (χ1n) is 10.1. The van der Waals surface area contributed by atoms with Gasteiger partial charge in [-0.15, -0.1) is 0 Å². The monoisotopic (exact) mass is 396 g/mol. The summed E-state index contributed by atoms with van der Waals surface area (Å²) in [6, 6.07) is 7.86. The average molecular weight is 396 g/mol. The van der Waals surface area contributed by atoms with Gasteiger partial charge in [0.05, 0.1) is 13.2 Å². The highest BCUT2D eigenvalue weighted by atomic mass is 16.5. The van der Waals surface area contributed by atoms with Gasteiger partial charge in [0.1, 0.15) is 5.82 Å². The number of amides is 2. The molecular formula is C21H28N6O2. The molecule has 0 unspecified atom stereocenters. The van der Waals surface area contributed by atoms with E-state index in [0.29, 0.717) is 26.3 Å². The maximum Gasteiger partial charge on any atom is 0.321 e. The fraction of sp³-hybridized carbons (Fsp3) is 0.476. The Morgan fingerprint density at radius 2 is 1.76 bits per heavy atom. The first-order chi connectivity index (χ1) is 14.1. The maximum atomic E-state index is 12.7. The van der Waals surface area contributed by atoms with Crippen LogP contribution in [0.15, 0.2) is 30.5 Å². The van der Waals surface area contributed by atoms with Gasteiger partial charge in [0.15, 0.2) is 0 Å². The average Bonchev–Trinajstić information content (AvgIpc) is 2.78. The maximum absolute atomic E-state index is 12.7. The molecule has 1 aromatic heterocycles. The molecule has 154 valence electrons. The van der Waals surface area contributed by atoms with Crippen molar-refractivity contribution < 1.29 is 9.53 Å². The van der Waals surface area contributed by atoms with Crippen molar-refractivity contribution in [3.05, 3.63) is 41.6 Å². The van der Waals surface area contributed by atoms with Crippen molar-refractivity contribution >= 4 is 23.5 Å². The minimum absolute atomic E-state index is 0.0463. The summed E-state index contributed by atoms with van der Waals surface area (Å²) in [6.45, 7) is 9.95. The molecule has 2 amide bonds. The number of carbonyl (C=O) groups is 1. The van der Waals surface area contributed by atoms with E-state index in [1.165, 1.54) is 5.56 Å². The second-order valence-electron chi connectivity index (χ2n) is 7.47. The lowest BCUT2D eigenvalue weighted by Crippen LogP contribution is -2.50. The Kier molecular flexibility index (Phi) is 5.80. The number of anilines is 3. The van der Waals surface area contributed by atoms with Gasteiger partial charge in [-0.1, -0.05) is 12.1 Å². The summed E-state index contributed by atoms with van der Waals surface area (Å²) in [4.78, 5) is 28.1. The van der Waals surface area contributed by atoms with Gasteiger partial charge in [-0.05, 0) is 37.1 Å². The first kappa shape index (κ1) is 19.4. The molecular weight excluding hydrogens is 368 g/mol. The predicted molar refractivity (Wildman–Crippen MR) is 114 cm³/mol. The highest BCUT2D eigenvalue weighted by molar-refractivity contribution is 5.90. The van der Waals surface area contributed by atoms with Crippen molar-refractivity contribution in [2.75, 3.05) is 67.6 Å². The second kappa shape index (κ2) is 8.65. The quantitative estimate of drug-likeness (QED) is 0.858. The van der Waals surface area contributed by atoms with E-state index in [0.717, 1.165) is 49.2 Å². The fourth-order valence-electron chi connectivity index (χ4n) is 3.65. The number of hydrogen-bond donors (Lipinski definition) is 1. The molecule has 0 aliphatic carbocycles. The Balaban J connectivity index is 1.35. The van der Waals surface area contributed by atoms with Gasteiger partial charge in [0, 0.05) is 51.2 Å². The van der Waals surface area contributed by atoms with E-state index in [9.17, 15) is 4.79 Å². The first-order valence-corrected chi connectivity index (χ1v) is 10.1. The van der Waals surface area contributed by atoms with Crippen LogP contribution in [-0.2, 0) is 4.74 Å². The second-order valence-corrected chi connectivity index (χ2v) is 7.47. The summed E-state index contributed by atoms with van der Waals surface area (Å²) in [6.07, 6.45) is 1.81. The van der Waals surface area contributed by atoms with Gasteiger partial charge in [0.25, 0.3) is 0 Å². The van der Waals surface area contributed by atoms with Crippen LogP contribution in [-0.4, -0.2) is 73.4 Å². The van der Waals surface area contributed by atoms with Crippen LogP contribution in [0.2, 0.25) is 0 Å². The summed E-state index contributed by atoms with van der Waals surface area (Å²) < 4.78 is 5.41. The van der Waals surface area contributed by atoms with Crippen LogP contribution in [0.1, 0.15) is 11.1 Å². The number of nitrogens with zero attached hydrogens (tertiary/aromatic N) is 5. The van der Waals surface area contributed by atoms with Crippen molar-refractivity contribution in [3.8, 4) is 0 Å². The molecule has 2 saturated heterocycles. The number of hydrogen-bond acceptors (Lipinski definition) is 6. The predicted octanol–water partition coefficient (Wildman–Crippen LogP) is 2.28. The highest BCUT2D eigenvalue weighted by Gasteiger charge is 2.23. The van der Waals surface area contributed by atoms with E-state index in [4.69, 9.17) is 9.72 Å². The Bertz CT molecular complexity index is 860. The molecule has 8 nitrogen and oxygen atoms in total. The number of aromatic nitrogens is 2. The normalized spacial score (nSPS) is 17.4. The van der Waals surface area contributed by atoms with Crippen molar-refractivity contribution in [1.82, 2.24) is 14.9 Å². The molecule has 0 saturated carbocycles. The van der Waals surface area contributed by atoms with Gasteiger partial charge in [-0.25, -0.2) is 9.78 Å². The minimum atomic E-state index is -0.0463. The van der Waals surface area contributed by atoms with E-state index in [2.05, 4.69) is 33.1 Å². The molecule has 0 bridgehead atoms. The zero-order valence-corrected chi connectivity index (χ0v) is 17.1. The molecule has 3 heterocycles. The number of nitrogens with one attached hydrogen (secondary N) is 1. The number of piperazine rings is 1. The van der Waals surface area contributed by atoms with Crippen LogP contribution in [0.5, 0.6) is 0 Å². The number of rotatable bonds is 3. The van der Waals surface area contributed by atoms with Crippen LogP contribution in [0.25, 0.3) is 0 Å². The van der Waals surface area contributed by atoms with E-state index >= 15 is 0 Å². The van der Waals surface area contributed by atoms with Crippen molar-refractivity contribution in [3.63, 3.8) is 0 Å². The molecule has 0 radical (unpaired) electrons. The standard InChI is InChI=1S/C21H28N6O2/c1-16-4-3-5-18(17(16)2)23-21(28)27-10-8-25(9-11-27)19-6-7-22-20(24-19)26-12-14-29-15-13-26/h3-7H,8-15H2,1-2H3,(H,23,28). The summed E-state index contributed by atoms with van der Waals surface area (Å²) >= 11 is 0. The summed E-state index contributed by atoms with van der Waals surface area (Å²) in [5.74, 6) is 1.66. The molecule has 8 heteroatoms. The zero-order chi connectivity index (χ0) is 20.2. The molecule has 29 heavy (non-hydrogen) atoms. The number of morpholine rings is 1. The number of aryl methyl sites for hydroxylation is 1. The van der Waals surface area contributed by atoms with Crippen LogP contribution in [0.4, 0.5) is 22.2 Å². The van der Waals surface area contributed by atoms with Crippen molar-refractivity contribution in [2.45, 2.75) is 13.8 Å². The lowest BCUT2D eigenvalue weighted by molar-refractivity contribution is 0.122. The fourth-order valence-corrected chi connectivity index (χ4v) is 3.65. The lowest BCUT2D eigenvalue weighted by atomic mass is 10.1. The molecule has 2 fully saturated rings. The van der Waals surface area contributed by atoms with Gasteiger partial charge in [0.2, 0.25) is 5.95 Å². The third kappa shape index (κ3) is 4.42. The Morgan fingerprint density at radius 3 is 2.52 bits per heavy atom. The van der Waals surface area contributed by atoms with E-state index in [1.807, 2.05) is 36.2 Å². The molecule has 1 N–H and O–H groups in total. The Labute approximate surface area is 171 Å². The largest absolute Gasteiger partial charge is 0.378 e. The van der Waals surface area contributed by atoms with E-state index in [-0.39, 0.29) is 6.03 Å². The highest BCUT2D eigenvalue weighted by Crippen LogP contribution is 2.20. The molecule has 2 aliphatic rings. The third-order valence-electron chi connectivity index (χ3n) is 5.66. The van der Waals surface area contributed by atoms with Crippen LogP contribution in [0, 0.1) is 13.8 Å². The van der Waals surface area contributed by atoms with Crippen molar-refractivity contribution in [2.24, 2.45) is 0 Å². The zero-order valence-electron chi connectivity index (χ0n) is 17.1. The topological polar surface area (TPSA) is 73.8 Å². The molecule has 0 atom stereocenters. The Hall–Kier alpha value is -2.87. The summed E-state index contributed by atoms with van der Waals surface area (Å²) in [7, 11) is 0. The molecule has 1 aromatic carbocycles. The third-order valence-corrected chi connectivity index (χ3v) is 5.66. The van der Waals surface area contributed by atoms with Crippen LogP contribution in [0.3, 0.4) is 0 Å². The number of ether oxygens (including phenoxy) is 1. The van der Waals surface area contributed by atoms with Gasteiger partial charge in [-0.3, -0.25) is 0 Å². The van der Waals surface area contributed by atoms with Gasteiger partial charge < -0.3 is 24.8 Å². The number of carbonyl (C=O) groups excluding carboxylic acids is 1. The van der Waals surface area contributed by atoms with Crippen LogP contribution < -0.4 is 15.1 Å². The SMILES string of the molecule is Cc1cccc(NC(=O)N2CCN(c3ccnc(N4CCOCC4)n3)CC2)c1C. The van der Waals surface area contributed by atoms with Gasteiger partial charge >= 0.3 is 6.03 Å².